The fourth-order valence-electron chi connectivity index (χ4n) is 1.83. The maximum Gasteiger partial charge on any atom is 0.117 e. The van der Waals surface area contributed by atoms with Crippen molar-refractivity contribution in [2.45, 2.75) is 12.6 Å². The maximum atomic E-state index is 13.4. The van der Waals surface area contributed by atoms with E-state index in [1.807, 2.05) is 30.5 Å². The standard InChI is InChI=1S/C12H15FN2.ClH/c1-14-8-10(13)6-9-7-15-12-5-3-2-4-11(9)12;/h2-5,7,10,14-15H,6,8H2,1H3;1H. The summed E-state index contributed by atoms with van der Waals surface area (Å²) in [5.74, 6) is 0. The van der Waals surface area contributed by atoms with Crippen molar-refractivity contribution in [1.29, 1.82) is 0 Å². The van der Waals surface area contributed by atoms with E-state index in [-0.39, 0.29) is 12.4 Å². The molecule has 0 aliphatic carbocycles. The van der Waals surface area contributed by atoms with Gasteiger partial charge >= 0.3 is 0 Å². The molecule has 0 saturated heterocycles. The van der Waals surface area contributed by atoms with E-state index in [0.717, 1.165) is 16.5 Å². The van der Waals surface area contributed by atoms with Crippen molar-refractivity contribution >= 4 is 23.3 Å². The number of hydrogen-bond donors (Lipinski definition) is 2. The Labute approximate surface area is 101 Å². The van der Waals surface area contributed by atoms with E-state index >= 15 is 0 Å². The summed E-state index contributed by atoms with van der Waals surface area (Å²) in [4.78, 5) is 3.15. The summed E-state index contributed by atoms with van der Waals surface area (Å²) in [6.45, 7) is 0.402. The molecule has 2 nitrogen and oxygen atoms in total. The van der Waals surface area contributed by atoms with Gasteiger partial charge in [0.25, 0.3) is 0 Å². The lowest BCUT2D eigenvalue weighted by atomic mass is 10.1. The summed E-state index contributed by atoms with van der Waals surface area (Å²) in [6, 6.07) is 7.98. The van der Waals surface area contributed by atoms with Crippen LogP contribution in [-0.2, 0) is 6.42 Å². The Balaban J connectivity index is 0.00000128. The molecule has 1 atom stereocenters. The molecular weight excluding hydrogens is 227 g/mol. The first-order valence-electron chi connectivity index (χ1n) is 5.15. The molecule has 88 valence electrons. The number of hydrogen-bond acceptors (Lipinski definition) is 1. The molecule has 0 fully saturated rings. The highest BCUT2D eigenvalue weighted by Gasteiger charge is 2.09. The van der Waals surface area contributed by atoms with Gasteiger partial charge in [0.1, 0.15) is 6.17 Å². The molecule has 0 aliphatic rings. The SMILES string of the molecule is CNCC(F)Cc1c[nH]c2ccccc12.Cl. The van der Waals surface area contributed by atoms with Gasteiger partial charge in [-0.1, -0.05) is 18.2 Å². The third-order valence-corrected chi connectivity index (χ3v) is 2.54. The van der Waals surface area contributed by atoms with Crippen LogP contribution in [-0.4, -0.2) is 24.7 Å². The second kappa shape index (κ2) is 5.87. The largest absolute Gasteiger partial charge is 0.361 e. The van der Waals surface area contributed by atoms with Gasteiger partial charge in [0.2, 0.25) is 0 Å². The number of benzene rings is 1. The Morgan fingerprint density at radius 1 is 1.38 bits per heavy atom. The fourth-order valence-corrected chi connectivity index (χ4v) is 1.83. The number of rotatable bonds is 4. The molecule has 0 spiro atoms. The number of para-hydroxylation sites is 1. The predicted octanol–water partition coefficient (Wildman–Crippen LogP) is 2.69. The minimum Gasteiger partial charge on any atom is -0.361 e. The lowest BCUT2D eigenvalue weighted by Gasteiger charge is -2.05. The Morgan fingerprint density at radius 2 is 2.12 bits per heavy atom. The van der Waals surface area contributed by atoms with Gasteiger partial charge in [-0.25, -0.2) is 4.39 Å². The summed E-state index contributed by atoms with van der Waals surface area (Å²) in [6.07, 6.45) is 1.53. The molecule has 1 aromatic carbocycles. The van der Waals surface area contributed by atoms with Crippen LogP contribution in [0.1, 0.15) is 5.56 Å². The molecule has 2 N–H and O–H groups in total. The van der Waals surface area contributed by atoms with Crippen molar-refractivity contribution in [2.24, 2.45) is 0 Å². The van der Waals surface area contributed by atoms with E-state index in [0.29, 0.717) is 13.0 Å². The summed E-state index contributed by atoms with van der Waals surface area (Å²) >= 11 is 0. The van der Waals surface area contributed by atoms with Crippen molar-refractivity contribution in [2.75, 3.05) is 13.6 Å². The summed E-state index contributed by atoms with van der Waals surface area (Å²) < 4.78 is 13.4. The van der Waals surface area contributed by atoms with Crippen molar-refractivity contribution in [1.82, 2.24) is 10.3 Å². The zero-order valence-electron chi connectivity index (χ0n) is 9.16. The van der Waals surface area contributed by atoms with Gasteiger partial charge in [-0.15, -0.1) is 12.4 Å². The molecule has 0 bridgehead atoms. The average Bonchev–Trinajstić information content (AvgIpc) is 2.62. The molecule has 1 unspecified atom stereocenters. The highest BCUT2D eigenvalue weighted by molar-refractivity contribution is 5.85. The van der Waals surface area contributed by atoms with Gasteiger partial charge < -0.3 is 10.3 Å². The quantitative estimate of drug-likeness (QED) is 0.848. The smallest absolute Gasteiger partial charge is 0.117 e. The van der Waals surface area contributed by atoms with E-state index in [2.05, 4.69) is 10.3 Å². The predicted molar refractivity (Wildman–Crippen MR) is 68.1 cm³/mol. The maximum absolute atomic E-state index is 13.4. The van der Waals surface area contributed by atoms with E-state index in [1.165, 1.54) is 0 Å². The van der Waals surface area contributed by atoms with Crippen LogP contribution >= 0.6 is 12.4 Å². The zero-order chi connectivity index (χ0) is 10.7. The Bertz CT molecular complexity index is 441. The van der Waals surface area contributed by atoms with Gasteiger partial charge in [-0.2, -0.15) is 0 Å². The molecule has 0 radical (unpaired) electrons. The fraction of sp³-hybridized carbons (Fsp3) is 0.333. The normalized spacial score (nSPS) is 12.4. The summed E-state index contributed by atoms with van der Waals surface area (Å²) in [5.41, 5.74) is 2.12. The van der Waals surface area contributed by atoms with Crippen LogP contribution in [0.4, 0.5) is 4.39 Å². The molecule has 0 aliphatic heterocycles. The van der Waals surface area contributed by atoms with Crippen LogP contribution in [0.2, 0.25) is 0 Å². The summed E-state index contributed by atoms with van der Waals surface area (Å²) in [5, 5.41) is 3.96. The number of H-pyrrole nitrogens is 1. The van der Waals surface area contributed by atoms with Crippen LogP contribution < -0.4 is 5.32 Å². The number of halogens is 2. The second-order valence-electron chi connectivity index (χ2n) is 3.72. The lowest BCUT2D eigenvalue weighted by Crippen LogP contribution is -2.21. The third-order valence-electron chi connectivity index (χ3n) is 2.54. The Hall–Kier alpha value is -1.06. The molecule has 1 heterocycles. The highest BCUT2D eigenvalue weighted by Crippen LogP contribution is 2.19. The Morgan fingerprint density at radius 3 is 2.88 bits per heavy atom. The van der Waals surface area contributed by atoms with E-state index in [9.17, 15) is 4.39 Å². The van der Waals surface area contributed by atoms with Crippen LogP contribution in [0.5, 0.6) is 0 Å². The van der Waals surface area contributed by atoms with E-state index < -0.39 is 6.17 Å². The van der Waals surface area contributed by atoms with Crippen LogP contribution in [0.15, 0.2) is 30.5 Å². The first-order valence-corrected chi connectivity index (χ1v) is 5.15. The van der Waals surface area contributed by atoms with Crippen molar-refractivity contribution in [3.63, 3.8) is 0 Å². The van der Waals surface area contributed by atoms with E-state index in [1.54, 1.807) is 7.05 Å². The molecule has 0 amide bonds. The van der Waals surface area contributed by atoms with Gasteiger partial charge in [-0.3, -0.25) is 0 Å². The van der Waals surface area contributed by atoms with E-state index in [4.69, 9.17) is 0 Å². The Kier molecular flexibility index (Phi) is 4.77. The topological polar surface area (TPSA) is 27.8 Å². The highest BCUT2D eigenvalue weighted by atomic mass is 35.5. The average molecular weight is 243 g/mol. The first kappa shape index (κ1) is 13.0. The van der Waals surface area contributed by atoms with Gasteiger partial charge in [0.05, 0.1) is 0 Å². The van der Waals surface area contributed by atoms with Crippen molar-refractivity contribution < 1.29 is 4.39 Å². The molecule has 2 rings (SSSR count). The third kappa shape index (κ3) is 2.74. The number of aromatic amines is 1. The van der Waals surface area contributed by atoms with Crippen LogP contribution in [0.25, 0.3) is 10.9 Å². The van der Waals surface area contributed by atoms with Crippen LogP contribution in [0.3, 0.4) is 0 Å². The number of fused-ring (bicyclic) bond motifs is 1. The van der Waals surface area contributed by atoms with Crippen molar-refractivity contribution in [3.05, 3.63) is 36.0 Å². The zero-order valence-corrected chi connectivity index (χ0v) is 9.98. The molecule has 0 saturated carbocycles. The molecule has 16 heavy (non-hydrogen) atoms. The molecule has 2 aromatic rings. The summed E-state index contributed by atoms with van der Waals surface area (Å²) in [7, 11) is 1.77. The van der Waals surface area contributed by atoms with Gasteiger partial charge in [-0.05, 0) is 18.7 Å². The number of nitrogens with one attached hydrogen (secondary N) is 2. The first-order chi connectivity index (χ1) is 7.31. The minimum absolute atomic E-state index is 0. The molecule has 4 heteroatoms. The van der Waals surface area contributed by atoms with Gasteiger partial charge in [0.15, 0.2) is 0 Å². The number of alkyl halides is 1. The minimum atomic E-state index is -0.825. The monoisotopic (exact) mass is 242 g/mol. The molecular formula is C12H16ClFN2. The van der Waals surface area contributed by atoms with Crippen LogP contribution in [0, 0.1) is 0 Å². The van der Waals surface area contributed by atoms with Gasteiger partial charge in [0, 0.05) is 30.1 Å². The van der Waals surface area contributed by atoms with Crippen molar-refractivity contribution in [3.8, 4) is 0 Å². The second-order valence-corrected chi connectivity index (χ2v) is 3.72. The lowest BCUT2D eigenvalue weighted by molar-refractivity contribution is 0.325. The number of aromatic nitrogens is 1. The molecule has 1 aromatic heterocycles.